The summed E-state index contributed by atoms with van der Waals surface area (Å²) in [4.78, 5) is 28.2. The van der Waals surface area contributed by atoms with Crippen molar-refractivity contribution in [2.45, 2.75) is 13.8 Å². The quantitative estimate of drug-likeness (QED) is 0.898. The molecule has 1 aliphatic rings. The third kappa shape index (κ3) is 3.79. The number of carbonyl (C=O) groups is 2. The first-order chi connectivity index (χ1) is 12.5. The van der Waals surface area contributed by atoms with E-state index < -0.39 is 0 Å². The zero-order valence-corrected chi connectivity index (χ0v) is 15.3. The van der Waals surface area contributed by atoms with E-state index in [1.807, 2.05) is 56.3 Å². The molecular weight excluding hydrogens is 330 g/mol. The highest BCUT2D eigenvalue weighted by Gasteiger charge is 2.30. The molecule has 0 saturated carbocycles. The predicted octanol–water partition coefficient (Wildman–Crippen LogP) is 3.19. The highest BCUT2D eigenvalue weighted by Crippen LogP contribution is 2.23. The minimum absolute atomic E-state index is 0.0405. The fourth-order valence-electron chi connectivity index (χ4n) is 3.05. The number of hydrogen-bond donors (Lipinski definition) is 1. The zero-order chi connectivity index (χ0) is 18.7. The Bertz CT molecular complexity index is 818. The van der Waals surface area contributed by atoms with E-state index in [1.165, 1.54) is 0 Å². The number of amides is 3. The summed E-state index contributed by atoms with van der Waals surface area (Å²) in [7, 11) is 1.60. The maximum Gasteiger partial charge on any atom is 0.325 e. The molecule has 6 heteroatoms. The molecule has 0 spiro atoms. The Morgan fingerprint density at radius 2 is 1.85 bits per heavy atom. The summed E-state index contributed by atoms with van der Waals surface area (Å²) in [5.41, 5.74) is 3.73. The predicted molar refractivity (Wildman–Crippen MR) is 102 cm³/mol. The Balaban J connectivity index is 1.61. The van der Waals surface area contributed by atoms with E-state index in [4.69, 9.17) is 4.74 Å². The lowest BCUT2D eigenvalue weighted by Crippen LogP contribution is -2.37. The summed E-state index contributed by atoms with van der Waals surface area (Å²) in [5, 5.41) is 2.89. The molecule has 0 bridgehead atoms. The lowest BCUT2D eigenvalue weighted by atomic mass is 10.1. The highest BCUT2D eigenvalue weighted by atomic mass is 16.5. The molecule has 3 rings (SSSR count). The molecule has 2 aromatic rings. The Kier molecular flexibility index (Phi) is 5.11. The highest BCUT2D eigenvalue weighted by molar-refractivity contribution is 5.99. The van der Waals surface area contributed by atoms with E-state index >= 15 is 0 Å². The van der Waals surface area contributed by atoms with Crippen LogP contribution in [0.4, 0.5) is 16.2 Å². The van der Waals surface area contributed by atoms with Crippen LogP contribution in [0.15, 0.2) is 42.5 Å². The molecule has 6 nitrogen and oxygen atoms in total. The minimum Gasteiger partial charge on any atom is -0.497 e. The summed E-state index contributed by atoms with van der Waals surface area (Å²) in [6.07, 6.45) is 0. The largest absolute Gasteiger partial charge is 0.497 e. The van der Waals surface area contributed by atoms with Gasteiger partial charge in [-0.25, -0.2) is 4.79 Å². The van der Waals surface area contributed by atoms with E-state index in [0.717, 1.165) is 28.3 Å². The second-order valence-electron chi connectivity index (χ2n) is 6.42. The minimum atomic E-state index is -0.193. The van der Waals surface area contributed by atoms with Gasteiger partial charge in [-0.15, -0.1) is 0 Å². The Morgan fingerprint density at radius 3 is 2.50 bits per heavy atom. The average molecular weight is 353 g/mol. The number of nitrogens with zero attached hydrogens (tertiary/aromatic N) is 2. The first-order valence-electron chi connectivity index (χ1n) is 8.55. The standard InChI is InChI=1S/C20H23N3O3/c1-14-4-9-18(15(2)12-14)21-19(24)13-22-10-11-23(20(22)25)16-5-7-17(26-3)8-6-16/h4-9,12H,10-11,13H2,1-3H3,(H,21,24). The van der Waals surface area contributed by atoms with Crippen LogP contribution in [0.3, 0.4) is 0 Å². The van der Waals surface area contributed by atoms with Crippen LogP contribution in [0.5, 0.6) is 5.75 Å². The summed E-state index contributed by atoms with van der Waals surface area (Å²) in [5.74, 6) is 0.548. The van der Waals surface area contributed by atoms with Crippen LogP contribution >= 0.6 is 0 Å². The number of methoxy groups -OCH3 is 1. The molecule has 3 amide bonds. The van der Waals surface area contributed by atoms with Gasteiger partial charge in [0.05, 0.1) is 7.11 Å². The van der Waals surface area contributed by atoms with Crippen molar-refractivity contribution < 1.29 is 14.3 Å². The van der Waals surface area contributed by atoms with Crippen molar-refractivity contribution in [3.63, 3.8) is 0 Å². The van der Waals surface area contributed by atoms with Crippen LogP contribution in [-0.4, -0.2) is 43.6 Å². The molecule has 2 aromatic carbocycles. The number of aryl methyl sites for hydroxylation is 2. The van der Waals surface area contributed by atoms with Gasteiger partial charge in [0.1, 0.15) is 12.3 Å². The van der Waals surface area contributed by atoms with Crippen molar-refractivity contribution in [1.29, 1.82) is 0 Å². The maximum absolute atomic E-state index is 12.6. The van der Waals surface area contributed by atoms with Gasteiger partial charge >= 0.3 is 6.03 Å². The van der Waals surface area contributed by atoms with E-state index in [9.17, 15) is 9.59 Å². The van der Waals surface area contributed by atoms with Crippen LogP contribution in [0.25, 0.3) is 0 Å². The van der Waals surface area contributed by atoms with Gasteiger partial charge < -0.3 is 15.0 Å². The first-order valence-corrected chi connectivity index (χ1v) is 8.55. The van der Waals surface area contributed by atoms with Crippen LogP contribution < -0.4 is 15.0 Å². The number of hydrogen-bond acceptors (Lipinski definition) is 3. The molecule has 0 atom stereocenters. The Morgan fingerprint density at radius 1 is 1.12 bits per heavy atom. The van der Waals surface area contributed by atoms with Crippen LogP contribution in [0.2, 0.25) is 0 Å². The molecule has 0 aliphatic carbocycles. The topological polar surface area (TPSA) is 61.9 Å². The van der Waals surface area contributed by atoms with E-state index in [0.29, 0.717) is 13.1 Å². The summed E-state index contributed by atoms with van der Waals surface area (Å²) < 4.78 is 5.14. The normalized spacial score (nSPS) is 13.9. The molecule has 0 unspecified atom stereocenters. The maximum atomic E-state index is 12.6. The molecule has 1 fully saturated rings. The third-order valence-corrected chi connectivity index (χ3v) is 4.47. The second-order valence-corrected chi connectivity index (χ2v) is 6.42. The number of benzene rings is 2. The number of urea groups is 1. The Labute approximate surface area is 153 Å². The zero-order valence-electron chi connectivity index (χ0n) is 15.3. The number of nitrogens with one attached hydrogen (secondary N) is 1. The van der Waals surface area contributed by atoms with Crippen molar-refractivity contribution in [2.75, 3.05) is 37.0 Å². The molecule has 1 N–H and O–H groups in total. The van der Waals surface area contributed by atoms with Crippen molar-refractivity contribution >= 4 is 23.3 Å². The molecule has 1 saturated heterocycles. The average Bonchev–Trinajstić information content (AvgIpc) is 2.98. The molecule has 26 heavy (non-hydrogen) atoms. The van der Waals surface area contributed by atoms with Gasteiger partial charge in [0.15, 0.2) is 0 Å². The second kappa shape index (κ2) is 7.47. The molecule has 1 heterocycles. The van der Waals surface area contributed by atoms with Crippen LogP contribution in [0, 0.1) is 13.8 Å². The lowest BCUT2D eigenvalue weighted by molar-refractivity contribution is -0.116. The van der Waals surface area contributed by atoms with E-state index in [1.54, 1.807) is 16.9 Å². The van der Waals surface area contributed by atoms with Crippen molar-refractivity contribution in [3.05, 3.63) is 53.6 Å². The molecular formula is C20H23N3O3. The number of rotatable bonds is 5. The summed E-state index contributed by atoms with van der Waals surface area (Å²) in [6.45, 7) is 5.08. The van der Waals surface area contributed by atoms with Crippen LogP contribution in [-0.2, 0) is 4.79 Å². The molecule has 0 aromatic heterocycles. The van der Waals surface area contributed by atoms with E-state index in [2.05, 4.69) is 5.32 Å². The SMILES string of the molecule is COc1ccc(N2CCN(CC(=O)Nc3ccc(C)cc3C)C2=O)cc1. The van der Waals surface area contributed by atoms with Gasteiger partial charge in [-0.1, -0.05) is 17.7 Å². The monoisotopic (exact) mass is 353 g/mol. The van der Waals surface area contributed by atoms with Crippen molar-refractivity contribution in [1.82, 2.24) is 4.90 Å². The van der Waals surface area contributed by atoms with Crippen molar-refractivity contribution in [2.24, 2.45) is 0 Å². The Hall–Kier alpha value is -3.02. The first kappa shape index (κ1) is 17.8. The van der Waals surface area contributed by atoms with Crippen LogP contribution in [0.1, 0.15) is 11.1 Å². The fourth-order valence-corrected chi connectivity index (χ4v) is 3.05. The fraction of sp³-hybridized carbons (Fsp3) is 0.300. The summed E-state index contributed by atoms with van der Waals surface area (Å²) >= 11 is 0. The summed E-state index contributed by atoms with van der Waals surface area (Å²) in [6, 6.07) is 13.0. The number of ether oxygens (including phenoxy) is 1. The number of anilines is 2. The molecule has 136 valence electrons. The number of carbonyl (C=O) groups excluding carboxylic acids is 2. The van der Waals surface area contributed by atoms with Gasteiger partial charge in [-0.3, -0.25) is 9.69 Å². The van der Waals surface area contributed by atoms with Gasteiger partial charge in [0.2, 0.25) is 5.91 Å². The van der Waals surface area contributed by atoms with Crippen molar-refractivity contribution in [3.8, 4) is 5.75 Å². The third-order valence-electron chi connectivity index (χ3n) is 4.47. The van der Waals surface area contributed by atoms with Gasteiger partial charge in [-0.05, 0) is 49.7 Å². The lowest BCUT2D eigenvalue weighted by Gasteiger charge is -2.19. The van der Waals surface area contributed by atoms with Gasteiger partial charge in [-0.2, -0.15) is 0 Å². The smallest absolute Gasteiger partial charge is 0.325 e. The van der Waals surface area contributed by atoms with Gasteiger partial charge in [0.25, 0.3) is 0 Å². The molecule has 1 aliphatic heterocycles. The van der Waals surface area contributed by atoms with E-state index in [-0.39, 0.29) is 18.5 Å². The molecule has 0 radical (unpaired) electrons. The van der Waals surface area contributed by atoms with Gasteiger partial charge in [0, 0.05) is 24.5 Å².